The lowest BCUT2D eigenvalue weighted by Crippen LogP contribution is -2.35. The van der Waals surface area contributed by atoms with Gasteiger partial charge in [-0.1, -0.05) is 18.2 Å². The van der Waals surface area contributed by atoms with E-state index >= 15 is 0 Å². The van der Waals surface area contributed by atoms with Crippen molar-refractivity contribution in [3.8, 4) is 5.75 Å². The van der Waals surface area contributed by atoms with Crippen LogP contribution in [0.5, 0.6) is 5.75 Å². The van der Waals surface area contributed by atoms with Crippen LogP contribution in [0.4, 0.5) is 0 Å². The number of fused-ring (bicyclic) bond motifs is 1. The van der Waals surface area contributed by atoms with E-state index in [4.69, 9.17) is 9.15 Å². The van der Waals surface area contributed by atoms with Gasteiger partial charge in [0, 0.05) is 42.4 Å². The first-order valence-corrected chi connectivity index (χ1v) is 11.3. The first-order valence-electron chi connectivity index (χ1n) is 11.3. The summed E-state index contributed by atoms with van der Waals surface area (Å²) in [7, 11) is 2.12. The molecule has 2 aromatic carbocycles. The summed E-state index contributed by atoms with van der Waals surface area (Å²) in [6.07, 6.45) is 2.52. The molecule has 32 heavy (non-hydrogen) atoms. The van der Waals surface area contributed by atoms with Crippen LogP contribution >= 0.6 is 0 Å². The molecule has 1 aromatic heterocycles. The van der Waals surface area contributed by atoms with Gasteiger partial charge >= 0.3 is 5.63 Å². The standard InChI is InChI=1S/C27H31NO4/c1-17-5-6-20(13-18(17)2)14-23(29)16-22-15-21-7-8-25(19(3)26(21)32-27(22)30)31-24-9-11-28(4)12-10-24/h5-8,13,15,24H,9-12,14,16H2,1-4H3. The van der Waals surface area contributed by atoms with E-state index < -0.39 is 5.63 Å². The zero-order valence-electron chi connectivity index (χ0n) is 19.4. The highest BCUT2D eigenvalue weighted by atomic mass is 16.5. The van der Waals surface area contributed by atoms with Crippen molar-refractivity contribution in [3.05, 3.63) is 74.6 Å². The van der Waals surface area contributed by atoms with Crippen molar-refractivity contribution in [3.63, 3.8) is 0 Å². The van der Waals surface area contributed by atoms with Crippen LogP contribution in [0.1, 0.15) is 40.7 Å². The molecule has 5 nitrogen and oxygen atoms in total. The zero-order chi connectivity index (χ0) is 22.8. The molecule has 0 radical (unpaired) electrons. The van der Waals surface area contributed by atoms with E-state index in [0.717, 1.165) is 53.8 Å². The molecule has 1 fully saturated rings. The summed E-state index contributed by atoms with van der Waals surface area (Å²) in [6.45, 7) is 8.04. The van der Waals surface area contributed by atoms with Gasteiger partial charge in [0.1, 0.15) is 23.2 Å². The molecule has 1 saturated heterocycles. The molecule has 0 aliphatic carbocycles. The molecule has 2 heterocycles. The lowest BCUT2D eigenvalue weighted by atomic mass is 9.99. The Morgan fingerprint density at radius 1 is 1.03 bits per heavy atom. The number of rotatable bonds is 6. The van der Waals surface area contributed by atoms with Gasteiger partial charge in [-0.2, -0.15) is 0 Å². The van der Waals surface area contributed by atoms with E-state index in [0.29, 0.717) is 17.6 Å². The normalized spacial score (nSPS) is 15.2. The minimum atomic E-state index is -0.453. The number of likely N-dealkylation sites (tertiary alicyclic amines) is 1. The van der Waals surface area contributed by atoms with Crippen LogP contribution in [-0.4, -0.2) is 36.9 Å². The van der Waals surface area contributed by atoms with Crippen LogP contribution in [0.25, 0.3) is 11.0 Å². The number of hydrogen-bond donors (Lipinski definition) is 0. The molecule has 0 unspecified atom stereocenters. The van der Waals surface area contributed by atoms with Crippen molar-refractivity contribution >= 4 is 16.8 Å². The predicted molar refractivity (Wildman–Crippen MR) is 127 cm³/mol. The number of aryl methyl sites for hydroxylation is 3. The molecule has 5 heteroatoms. The van der Waals surface area contributed by atoms with E-state index in [9.17, 15) is 9.59 Å². The number of benzene rings is 2. The summed E-state index contributed by atoms with van der Waals surface area (Å²) < 4.78 is 11.9. The fourth-order valence-corrected chi connectivity index (χ4v) is 4.30. The van der Waals surface area contributed by atoms with E-state index in [1.54, 1.807) is 6.07 Å². The zero-order valence-corrected chi connectivity index (χ0v) is 19.4. The van der Waals surface area contributed by atoms with E-state index in [2.05, 4.69) is 11.9 Å². The molecule has 4 rings (SSSR count). The van der Waals surface area contributed by atoms with Gasteiger partial charge in [-0.05, 0) is 75.5 Å². The van der Waals surface area contributed by atoms with E-state index in [1.807, 2.05) is 51.1 Å². The maximum atomic E-state index is 12.6. The number of hydrogen-bond acceptors (Lipinski definition) is 5. The maximum absolute atomic E-state index is 12.6. The van der Waals surface area contributed by atoms with Crippen molar-refractivity contribution in [1.29, 1.82) is 0 Å². The maximum Gasteiger partial charge on any atom is 0.339 e. The fourth-order valence-electron chi connectivity index (χ4n) is 4.30. The lowest BCUT2D eigenvalue weighted by Gasteiger charge is -2.29. The van der Waals surface area contributed by atoms with Crippen molar-refractivity contribution < 1.29 is 13.9 Å². The Labute approximate surface area is 189 Å². The summed E-state index contributed by atoms with van der Waals surface area (Å²) in [5, 5.41) is 0.812. The molecule has 0 spiro atoms. The van der Waals surface area contributed by atoms with Gasteiger partial charge in [-0.3, -0.25) is 4.79 Å². The Balaban J connectivity index is 1.51. The summed E-state index contributed by atoms with van der Waals surface area (Å²) >= 11 is 0. The van der Waals surface area contributed by atoms with Crippen LogP contribution in [0.2, 0.25) is 0 Å². The number of carbonyl (C=O) groups excluding carboxylic acids is 1. The van der Waals surface area contributed by atoms with Crippen LogP contribution in [-0.2, 0) is 17.6 Å². The lowest BCUT2D eigenvalue weighted by molar-refractivity contribution is -0.117. The summed E-state index contributed by atoms with van der Waals surface area (Å²) in [5.41, 5.74) is 4.63. The quantitative estimate of drug-likeness (QED) is 0.534. The Kier molecular flexibility index (Phi) is 6.47. The molecule has 0 saturated carbocycles. The van der Waals surface area contributed by atoms with Gasteiger partial charge < -0.3 is 14.1 Å². The van der Waals surface area contributed by atoms with Crippen LogP contribution in [0.15, 0.2) is 45.6 Å². The highest BCUT2D eigenvalue weighted by molar-refractivity contribution is 5.86. The number of piperidine rings is 1. The predicted octanol–water partition coefficient (Wildman–Crippen LogP) is 4.55. The van der Waals surface area contributed by atoms with Crippen molar-refractivity contribution in [2.45, 2.75) is 52.6 Å². The second-order valence-electron chi connectivity index (χ2n) is 9.10. The van der Waals surface area contributed by atoms with Crippen LogP contribution in [0.3, 0.4) is 0 Å². The minimum Gasteiger partial charge on any atom is -0.490 e. The average Bonchev–Trinajstić information content (AvgIpc) is 2.75. The molecule has 0 amide bonds. The second kappa shape index (κ2) is 9.29. The molecule has 168 valence electrons. The summed E-state index contributed by atoms with van der Waals surface area (Å²) in [6, 6.07) is 11.7. The third kappa shape index (κ3) is 4.94. The first kappa shape index (κ1) is 22.3. The average molecular weight is 434 g/mol. The van der Waals surface area contributed by atoms with Crippen molar-refractivity contribution in [2.75, 3.05) is 20.1 Å². The smallest absolute Gasteiger partial charge is 0.339 e. The number of ketones is 1. The van der Waals surface area contributed by atoms with Gasteiger partial charge in [0.15, 0.2) is 0 Å². The Hall–Kier alpha value is -2.92. The Bertz CT molecular complexity index is 1200. The topological polar surface area (TPSA) is 59.8 Å². The summed E-state index contributed by atoms with van der Waals surface area (Å²) in [4.78, 5) is 27.6. The number of Topliss-reactive ketones (excluding diaryl/α,β-unsaturated/α-hetero) is 1. The van der Waals surface area contributed by atoms with E-state index in [1.165, 1.54) is 5.56 Å². The molecule has 1 aliphatic rings. The minimum absolute atomic E-state index is 0.00107. The molecule has 3 aromatic rings. The van der Waals surface area contributed by atoms with Crippen LogP contribution in [0, 0.1) is 20.8 Å². The molecule has 0 N–H and O–H groups in total. The van der Waals surface area contributed by atoms with Crippen molar-refractivity contribution in [1.82, 2.24) is 4.90 Å². The monoisotopic (exact) mass is 433 g/mol. The Morgan fingerprint density at radius 3 is 2.50 bits per heavy atom. The first-order chi connectivity index (χ1) is 15.3. The molecule has 0 bridgehead atoms. The third-order valence-electron chi connectivity index (χ3n) is 6.49. The van der Waals surface area contributed by atoms with E-state index in [-0.39, 0.29) is 18.3 Å². The SMILES string of the molecule is Cc1ccc(CC(=O)Cc2cc3ccc(OC4CCN(C)CC4)c(C)c3oc2=O)cc1C. The van der Waals surface area contributed by atoms with Gasteiger partial charge in [-0.25, -0.2) is 4.79 Å². The highest BCUT2D eigenvalue weighted by Crippen LogP contribution is 2.29. The largest absolute Gasteiger partial charge is 0.490 e. The van der Waals surface area contributed by atoms with Gasteiger partial charge in [0.05, 0.1) is 0 Å². The molecular formula is C27H31NO4. The third-order valence-corrected chi connectivity index (χ3v) is 6.49. The molecule has 0 atom stereocenters. The Morgan fingerprint density at radius 2 is 1.78 bits per heavy atom. The van der Waals surface area contributed by atoms with Gasteiger partial charge in [-0.15, -0.1) is 0 Å². The second-order valence-corrected chi connectivity index (χ2v) is 9.10. The van der Waals surface area contributed by atoms with Crippen LogP contribution < -0.4 is 10.4 Å². The fraction of sp³-hybridized carbons (Fsp3) is 0.407. The number of carbonyl (C=O) groups is 1. The number of ether oxygens (including phenoxy) is 1. The van der Waals surface area contributed by atoms with Crippen molar-refractivity contribution in [2.24, 2.45) is 0 Å². The molecular weight excluding hydrogens is 402 g/mol. The summed E-state index contributed by atoms with van der Waals surface area (Å²) in [5.74, 6) is 0.757. The van der Waals surface area contributed by atoms with Gasteiger partial charge in [0.25, 0.3) is 0 Å². The highest BCUT2D eigenvalue weighted by Gasteiger charge is 2.20. The van der Waals surface area contributed by atoms with Gasteiger partial charge in [0.2, 0.25) is 0 Å². The molecule has 1 aliphatic heterocycles. The number of nitrogens with zero attached hydrogens (tertiary/aromatic N) is 1.